The van der Waals surface area contributed by atoms with E-state index < -0.39 is 0 Å². The van der Waals surface area contributed by atoms with Crippen LogP contribution >= 0.6 is 0 Å². The van der Waals surface area contributed by atoms with E-state index in [9.17, 15) is 4.79 Å². The molecule has 1 amide bonds. The molecule has 0 aliphatic carbocycles. The Morgan fingerprint density at radius 1 is 1.30 bits per heavy atom. The van der Waals surface area contributed by atoms with Gasteiger partial charge in [-0.05, 0) is 25.5 Å². The summed E-state index contributed by atoms with van der Waals surface area (Å²) in [6, 6.07) is 3.71. The molecule has 1 atom stereocenters. The molecule has 1 aliphatic heterocycles. The number of hydrogen-bond donors (Lipinski definition) is 0. The summed E-state index contributed by atoms with van der Waals surface area (Å²) >= 11 is 0. The lowest BCUT2D eigenvalue weighted by molar-refractivity contribution is 0.0632. The molecule has 6 nitrogen and oxygen atoms in total. The molecule has 0 aromatic carbocycles. The maximum absolute atomic E-state index is 12.8. The lowest BCUT2D eigenvalue weighted by atomic mass is 10.1. The Kier molecular flexibility index (Phi) is 4.43. The fourth-order valence-electron chi connectivity index (χ4n) is 3.03. The number of ether oxygens (including phenoxy) is 1. The van der Waals surface area contributed by atoms with E-state index in [0.717, 1.165) is 30.2 Å². The monoisotopic (exact) mass is 314 g/mol. The molecule has 0 bridgehead atoms. The maximum Gasteiger partial charge on any atom is 0.256 e. The lowest BCUT2D eigenvalue weighted by Crippen LogP contribution is -2.41. The predicted molar refractivity (Wildman–Crippen MR) is 86.0 cm³/mol. The van der Waals surface area contributed by atoms with Crippen LogP contribution in [0.25, 0.3) is 0 Å². The van der Waals surface area contributed by atoms with Crippen LogP contribution in [0.4, 0.5) is 0 Å². The van der Waals surface area contributed by atoms with Crippen LogP contribution in [0.5, 0.6) is 0 Å². The van der Waals surface area contributed by atoms with Crippen molar-refractivity contribution in [2.45, 2.75) is 39.5 Å². The number of methoxy groups -OCH3 is 1. The standard InChI is InChI=1S/C17H22N4O2/c1-4-14-6-5-13(9-18-14)17(22)20-7-8-21-15(11-23-3)10-19-16(21)12(20)2/h5-6,9-10,12H,4,7-8,11H2,1-3H3. The van der Waals surface area contributed by atoms with Crippen molar-refractivity contribution in [1.82, 2.24) is 19.4 Å². The van der Waals surface area contributed by atoms with Gasteiger partial charge >= 0.3 is 0 Å². The Labute approximate surface area is 136 Å². The Bertz CT molecular complexity index is 693. The molecule has 0 saturated carbocycles. The molecule has 23 heavy (non-hydrogen) atoms. The van der Waals surface area contributed by atoms with Gasteiger partial charge in [-0.1, -0.05) is 6.92 Å². The first-order chi connectivity index (χ1) is 11.2. The number of nitrogens with zero attached hydrogens (tertiary/aromatic N) is 4. The number of hydrogen-bond acceptors (Lipinski definition) is 4. The highest BCUT2D eigenvalue weighted by molar-refractivity contribution is 5.94. The van der Waals surface area contributed by atoms with Crippen LogP contribution in [0.2, 0.25) is 0 Å². The minimum atomic E-state index is -0.0623. The van der Waals surface area contributed by atoms with E-state index in [1.54, 1.807) is 13.3 Å². The molecule has 3 heterocycles. The summed E-state index contributed by atoms with van der Waals surface area (Å²) in [5.41, 5.74) is 2.68. The molecule has 2 aromatic heterocycles. The molecule has 6 heteroatoms. The highest BCUT2D eigenvalue weighted by atomic mass is 16.5. The normalized spacial score (nSPS) is 17.2. The summed E-state index contributed by atoms with van der Waals surface area (Å²) in [5, 5.41) is 0. The van der Waals surface area contributed by atoms with Crippen LogP contribution in [0.15, 0.2) is 24.5 Å². The van der Waals surface area contributed by atoms with Gasteiger partial charge in [0.1, 0.15) is 5.82 Å². The third kappa shape index (κ3) is 2.86. The fourth-order valence-corrected chi connectivity index (χ4v) is 3.03. The predicted octanol–water partition coefficient (Wildman–Crippen LogP) is 2.20. The highest BCUT2D eigenvalue weighted by Gasteiger charge is 2.30. The molecular formula is C17H22N4O2. The number of carbonyl (C=O) groups is 1. The van der Waals surface area contributed by atoms with Crippen molar-refractivity contribution in [3.8, 4) is 0 Å². The SMILES string of the molecule is CCc1ccc(C(=O)N2CCn3c(COC)cnc3C2C)cn1. The number of pyridine rings is 1. The molecule has 0 saturated heterocycles. The highest BCUT2D eigenvalue weighted by Crippen LogP contribution is 2.27. The van der Waals surface area contributed by atoms with Crippen molar-refractivity contribution >= 4 is 5.91 Å². The molecule has 122 valence electrons. The zero-order chi connectivity index (χ0) is 16.4. The molecule has 0 spiro atoms. The molecular weight excluding hydrogens is 292 g/mol. The molecule has 0 radical (unpaired) electrons. The van der Waals surface area contributed by atoms with E-state index in [1.165, 1.54) is 0 Å². The Balaban J connectivity index is 1.82. The number of aromatic nitrogens is 3. The Hall–Kier alpha value is -2.21. The minimum Gasteiger partial charge on any atom is -0.378 e. The van der Waals surface area contributed by atoms with Gasteiger partial charge in [0.2, 0.25) is 0 Å². The van der Waals surface area contributed by atoms with Crippen molar-refractivity contribution in [1.29, 1.82) is 0 Å². The number of carbonyl (C=O) groups excluding carboxylic acids is 1. The van der Waals surface area contributed by atoms with Gasteiger partial charge in [0.15, 0.2) is 0 Å². The first kappa shape index (κ1) is 15.7. The van der Waals surface area contributed by atoms with Crippen molar-refractivity contribution in [2.75, 3.05) is 13.7 Å². The van der Waals surface area contributed by atoms with Crippen molar-refractivity contribution in [2.24, 2.45) is 0 Å². The number of imidazole rings is 1. The van der Waals surface area contributed by atoms with Crippen molar-refractivity contribution in [3.05, 3.63) is 47.3 Å². The lowest BCUT2D eigenvalue weighted by Gasteiger charge is -2.34. The van der Waals surface area contributed by atoms with E-state index >= 15 is 0 Å². The average molecular weight is 314 g/mol. The first-order valence-corrected chi connectivity index (χ1v) is 7.94. The molecule has 0 fully saturated rings. The van der Waals surface area contributed by atoms with Gasteiger partial charge in [0, 0.05) is 32.1 Å². The zero-order valence-electron chi connectivity index (χ0n) is 13.8. The molecule has 2 aromatic rings. The van der Waals surface area contributed by atoms with Gasteiger partial charge in [-0.15, -0.1) is 0 Å². The third-order valence-corrected chi connectivity index (χ3v) is 4.36. The van der Waals surface area contributed by atoms with E-state index in [4.69, 9.17) is 4.74 Å². The Morgan fingerprint density at radius 2 is 2.13 bits per heavy atom. The third-order valence-electron chi connectivity index (χ3n) is 4.36. The van der Waals surface area contributed by atoms with Crippen LogP contribution in [-0.2, 0) is 24.3 Å². The summed E-state index contributed by atoms with van der Waals surface area (Å²) in [5.74, 6) is 0.921. The van der Waals surface area contributed by atoms with Crippen LogP contribution in [0.1, 0.15) is 47.5 Å². The molecule has 0 N–H and O–H groups in total. The van der Waals surface area contributed by atoms with Gasteiger partial charge in [0.25, 0.3) is 5.91 Å². The second-order valence-corrected chi connectivity index (χ2v) is 5.76. The summed E-state index contributed by atoms with van der Waals surface area (Å²) in [6.45, 7) is 6.00. The first-order valence-electron chi connectivity index (χ1n) is 7.94. The minimum absolute atomic E-state index is 0.00944. The number of aryl methyl sites for hydroxylation is 1. The molecule has 1 aliphatic rings. The van der Waals surface area contributed by atoms with Crippen LogP contribution < -0.4 is 0 Å². The van der Waals surface area contributed by atoms with E-state index in [1.807, 2.05) is 37.1 Å². The summed E-state index contributed by atoms with van der Waals surface area (Å²) < 4.78 is 7.35. The number of fused-ring (bicyclic) bond motifs is 1. The van der Waals surface area contributed by atoms with Crippen LogP contribution in [0.3, 0.4) is 0 Å². The van der Waals surface area contributed by atoms with Gasteiger partial charge < -0.3 is 14.2 Å². The van der Waals surface area contributed by atoms with Gasteiger partial charge in [-0.25, -0.2) is 4.98 Å². The quantitative estimate of drug-likeness (QED) is 0.868. The Morgan fingerprint density at radius 3 is 2.78 bits per heavy atom. The van der Waals surface area contributed by atoms with Crippen molar-refractivity contribution in [3.63, 3.8) is 0 Å². The second kappa shape index (κ2) is 6.50. The van der Waals surface area contributed by atoms with E-state index in [2.05, 4.69) is 14.5 Å². The van der Waals surface area contributed by atoms with Crippen LogP contribution in [-0.4, -0.2) is 39.0 Å². The topological polar surface area (TPSA) is 60.2 Å². The second-order valence-electron chi connectivity index (χ2n) is 5.76. The fraction of sp³-hybridized carbons (Fsp3) is 0.471. The molecule has 3 rings (SSSR count). The zero-order valence-corrected chi connectivity index (χ0v) is 13.8. The van der Waals surface area contributed by atoms with Crippen LogP contribution in [0, 0.1) is 0 Å². The summed E-state index contributed by atoms with van der Waals surface area (Å²) in [7, 11) is 1.68. The van der Waals surface area contributed by atoms with E-state index in [-0.39, 0.29) is 11.9 Å². The van der Waals surface area contributed by atoms with Gasteiger partial charge in [0.05, 0.1) is 30.1 Å². The van der Waals surface area contributed by atoms with Crippen molar-refractivity contribution < 1.29 is 9.53 Å². The smallest absolute Gasteiger partial charge is 0.256 e. The van der Waals surface area contributed by atoms with Gasteiger partial charge in [-0.3, -0.25) is 9.78 Å². The summed E-state index contributed by atoms with van der Waals surface area (Å²) in [6.07, 6.45) is 4.38. The van der Waals surface area contributed by atoms with Gasteiger partial charge in [-0.2, -0.15) is 0 Å². The number of rotatable bonds is 4. The van der Waals surface area contributed by atoms with E-state index in [0.29, 0.717) is 18.7 Å². The summed E-state index contributed by atoms with van der Waals surface area (Å²) in [4.78, 5) is 23.4. The maximum atomic E-state index is 12.8. The largest absolute Gasteiger partial charge is 0.378 e. The molecule has 1 unspecified atom stereocenters. The number of amides is 1. The average Bonchev–Trinajstić information content (AvgIpc) is 2.99.